The quantitative estimate of drug-likeness (QED) is 0.574. The lowest BCUT2D eigenvalue weighted by molar-refractivity contribution is -0.143. The van der Waals surface area contributed by atoms with Gasteiger partial charge in [-0.25, -0.2) is 0 Å². The van der Waals surface area contributed by atoms with Crippen LogP contribution < -0.4 is 0 Å². The standard InChI is InChI=1S/C16H30O2.ClH/c1-2-3-4-5-6-7-8-9-14-10-12-15(13-11-14)16(17)18;/h14-15H,2-13H2,1H3,(H,17,18);1H/t14-,15-;. The first-order chi connectivity index (χ1) is 8.74. The molecule has 1 aliphatic carbocycles. The number of rotatable bonds is 9. The molecule has 1 fully saturated rings. The molecule has 0 spiro atoms. The number of aliphatic carboxylic acids is 1. The van der Waals surface area contributed by atoms with Gasteiger partial charge in [0.25, 0.3) is 0 Å². The van der Waals surface area contributed by atoms with Gasteiger partial charge in [0.2, 0.25) is 0 Å². The summed E-state index contributed by atoms with van der Waals surface area (Å²) in [6, 6.07) is 0. The molecule has 3 heteroatoms. The molecule has 0 atom stereocenters. The maximum atomic E-state index is 10.8. The van der Waals surface area contributed by atoms with Gasteiger partial charge in [0, 0.05) is 0 Å². The second-order valence-corrected chi connectivity index (χ2v) is 5.97. The van der Waals surface area contributed by atoms with Crippen molar-refractivity contribution in [3.05, 3.63) is 0 Å². The Labute approximate surface area is 124 Å². The lowest BCUT2D eigenvalue weighted by Crippen LogP contribution is -2.21. The second kappa shape index (κ2) is 11.6. The van der Waals surface area contributed by atoms with Crippen LogP contribution in [-0.4, -0.2) is 11.1 Å². The minimum absolute atomic E-state index is 0. The molecule has 1 saturated carbocycles. The van der Waals surface area contributed by atoms with Gasteiger partial charge in [-0.3, -0.25) is 4.79 Å². The second-order valence-electron chi connectivity index (χ2n) is 5.97. The van der Waals surface area contributed by atoms with Gasteiger partial charge >= 0.3 is 5.97 Å². The molecule has 1 rings (SSSR count). The van der Waals surface area contributed by atoms with E-state index in [4.69, 9.17) is 5.11 Å². The summed E-state index contributed by atoms with van der Waals surface area (Å²) in [5.74, 6) is 0.191. The van der Waals surface area contributed by atoms with E-state index >= 15 is 0 Å². The van der Waals surface area contributed by atoms with E-state index in [0.29, 0.717) is 0 Å². The fourth-order valence-electron chi connectivity index (χ4n) is 3.09. The zero-order valence-electron chi connectivity index (χ0n) is 12.4. The third-order valence-electron chi connectivity index (χ3n) is 4.41. The van der Waals surface area contributed by atoms with Crippen molar-refractivity contribution in [2.75, 3.05) is 0 Å². The summed E-state index contributed by atoms with van der Waals surface area (Å²) in [5, 5.41) is 8.94. The molecule has 1 N–H and O–H groups in total. The van der Waals surface area contributed by atoms with E-state index < -0.39 is 5.97 Å². The van der Waals surface area contributed by atoms with Crippen molar-refractivity contribution in [2.24, 2.45) is 11.8 Å². The number of halogens is 1. The van der Waals surface area contributed by atoms with Gasteiger partial charge in [-0.05, 0) is 31.6 Å². The summed E-state index contributed by atoms with van der Waals surface area (Å²) >= 11 is 0. The van der Waals surface area contributed by atoms with E-state index in [0.717, 1.165) is 31.6 Å². The summed E-state index contributed by atoms with van der Waals surface area (Å²) in [6.45, 7) is 2.26. The van der Waals surface area contributed by atoms with Crippen molar-refractivity contribution in [3.8, 4) is 0 Å². The number of carboxylic acids is 1. The summed E-state index contributed by atoms with van der Waals surface area (Å²) in [5.41, 5.74) is 0. The first kappa shape index (κ1) is 18.8. The topological polar surface area (TPSA) is 37.3 Å². The Morgan fingerprint density at radius 1 is 0.947 bits per heavy atom. The fourth-order valence-corrected chi connectivity index (χ4v) is 3.09. The van der Waals surface area contributed by atoms with Gasteiger partial charge in [-0.2, -0.15) is 0 Å². The molecule has 0 bridgehead atoms. The summed E-state index contributed by atoms with van der Waals surface area (Å²) in [7, 11) is 0. The van der Waals surface area contributed by atoms with Crippen LogP contribution in [0, 0.1) is 11.8 Å². The van der Waals surface area contributed by atoms with Crippen molar-refractivity contribution in [3.63, 3.8) is 0 Å². The van der Waals surface area contributed by atoms with Crippen molar-refractivity contribution in [1.82, 2.24) is 0 Å². The highest BCUT2D eigenvalue weighted by Gasteiger charge is 2.25. The zero-order chi connectivity index (χ0) is 13.2. The predicted octanol–water partition coefficient (Wildman–Crippen LogP) is 5.44. The minimum atomic E-state index is -0.579. The number of carboxylic acid groups (broad SMARTS) is 1. The number of unbranched alkanes of at least 4 members (excludes halogenated alkanes) is 6. The number of hydrogen-bond acceptors (Lipinski definition) is 1. The van der Waals surface area contributed by atoms with Gasteiger partial charge in [-0.1, -0.05) is 58.3 Å². The average molecular weight is 291 g/mol. The maximum Gasteiger partial charge on any atom is 0.306 e. The molecular formula is C16H31ClO2. The van der Waals surface area contributed by atoms with E-state index in [1.54, 1.807) is 0 Å². The largest absolute Gasteiger partial charge is 0.481 e. The van der Waals surface area contributed by atoms with Crippen LogP contribution in [-0.2, 0) is 4.79 Å². The first-order valence-corrected chi connectivity index (χ1v) is 7.96. The summed E-state index contributed by atoms with van der Waals surface area (Å²) in [4.78, 5) is 10.8. The zero-order valence-corrected chi connectivity index (χ0v) is 13.2. The fraction of sp³-hybridized carbons (Fsp3) is 0.938. The van der Waals surface area contributed by atoms with Gasteiger partial charge in [0.1, 0.15) is 0 Å². The van der Waals surface area contributed by atoms with E-state index in [9.17, 15) is 4.79 Å². The molecule has 0 unspecified atom stereocenters. The molecule has 2 nitrogen and oxygen atoms in total. The lowest BCUT2D eigenvalue weighted by atomic mass is 9.80. The minimum Gasteiger partial charge on any atom is -0.481 e. The SMILES string of the molecule is CCCCCCCCC[C@H]1CC[C@H](C(=O)O)CC1.Cl. The molecule has 0 aromatic rings. The van der Waals surface area contributed by atoms with Crippen molar-refractivity contribution in [2.45, 2.75) is 84.0 Å². The molecule has 0 aliphatic heterocycles. The molecule has 0 aromatic heterocycles. The van der Waals surface area contributed by atoms with Crippen molar-refractivity contribution < 1.29 is 9.90 Å². The Hall–Kier alpha value is -0.240. The number of hydrogen-bond donors (Lipinski definition) is 1. The van der Waals surface area contributed by atoms with Crippen LogP contribution in [0.5, 0.6) is 0 Å². The Kier molecular flexibility index (Phi) is 11.4. The third kappa shape index (κ3) is 8.52. The van der Waals surface area contributed by atoms with Crippen LogP contribution >= 0.6 is 12.4 Å². The van der Waals surface area contributed by atoms with Gasteiger partial charge in [0.15, 0.2) is 0 Å². The van der Waals surface area contributed by atoms with Crippen molar-refractivity contribution >= 4 is 18.4 Å². The highest BCUT2D eigenvalue weighted by atomic mass is 35.5. The van der Waals surface area contributed by atoms with Crippen molar-refractivity contribution in [1.29, 1.82) is 0 Å². The van der Waals surface area contributed by atoms with Crippen LogP contribution in [0.1, 0.15) is 84.0 Å². The highest BCUT2D eigenvalue weighted by Crippen LogP contribution is 2.32. The summed E-state index contributed by atoms with van der Waals surface area (Å²) < 4.78 is 0. The number of carbonyl (C=O) groups is 1. The molecule has 19 heavy (non-hydrogen) atoms. The predicted molar refractivity (Wildman–Crippen MR) is 82.9 cm³/mol. The van der Waals surface area contributed by atoms with Gasteiger partial charge in [-0.15, -0.1) is 12.4 Å². The molecule has 0 radical (unpaired) electrons. The first-order valence-electron chi connectivity index (χ1n) is 7.96. The van der Waals surface area contributed by atoms with Crippen LogP contribution in [0.25, 0.3) is 0 Å². The Morgan fingerprint density at radius 2 is 1.47 bits per heavy atom. The lowest BCUT2D eigenvalue weighted by Gasteiger charge is -2.25. The Morgan fingerprint density at radius 3 is 2.00 bits per heavy atom. The maximum absolute atomic E-state index is 10.8. The monoisotopic (exact) mass is 290 g/mol. The van der Waals surface area contributed by atoms with E-state index in [-0.39, 0.29) is 18.3 Å². The average Bonchev–Trinajstić information content (AvgIpc) is 2.38. The smallest absolute Gasteiger partial charge is 0.306 e. The normalized spacial score (nSPS) is 22.8. The molecule has 0 amide bonds. The molecule has 114 valence electrons. The van der Waals surface area contributed by atoms with E-state index in [2.05, 4.69) is 6.92 Å². The van der Waals surface area contributed by atoms with Gasteiger partial charge < -0.3 is 5.11 Å². The Balaban J connectivity index is 0.00000324. The van der Waals surface area contributed by atoms with E-state index in [1.807, 2.05) is 0 Å². The highest BCUT2D eigenvalue weighted by molar-refractivity contribution is 5.85. The molecule has 0 saturated heterocycles. The van der Waals surface area contributed by atoms with Crippen LogP contribution in [0.2, 0.25) is 0 Å². The molecule has 1 aliphatic rings. The third-order valence-corrected chi connectivity index (χ3v) is 4.41. The molecular weight excluding hydrogens is 260 g/mol. The Bertz CT molecular complexity index is 223. The van der Waals surface area contributed by atoms with Crippen LogP contribution in [0.4, 0.5) is 0 Å². The van der Waals surface area contributed by atoms with Crippen LogP contribution in [0.3, 0.4) is 0 Å². The van der Waals surface area contributed by atoms with E-state index in [1.165, 1.54) is 51.4 Å². The molecule has 0 heterocycles. The summed E-state index contributed by atoms with van der Waals surface area (Å²) in [6.07, 6.45) is 15.1. The van der Waals surface area contributed by atoms with Crippen LogP contribution in [0.15, 0.2) is 0 Å². The van der Waals surface area contributed by atoms with Gasteiger partial charge in [0.05, 0.1) is 5.92 Å². The molecule has 0 aromatic carbocycles.